The predicted octanol–water partition coefficient (Wildman–Crippen LogP) is 1.68. The van der Waals surface area contributed by atoms with Gasteiger partial charge in [-0.2, -0.15) is 4.31 Å². The normalized spacial score (nSPS) is 17.9. The number of nitrogens with zero attached hydrogens (tertiary/aromatic N) is 3. The molecule has 0 amide bonds. The summed E-state index contributed by atoms with van der Waals surface area (Å²) in [7, 11) is -3.83. The van der Waals surface area contributed by atoms with Gasteiger partial charge in [-0.15, -0.1) is 0 Å². The molecule has 10 heteroatoms. The zero-order valence-electron chi connectivity index (χ0n) is 14.1. The summed E-state index contributed by atoms with van der Waals surface area (Å²) < 4.78 is 26.3. The number of carboxylic acid groups (broad SMARTS) is 1. The van der Waals surface area contributed by atoms with Crippen LogP contribution in [0, 0.1) is 10.1 Å². The van der Waals surface area contributed by atoms with Gasteiger partial charge in [-0.05, 0) is 25.0 Å². The first kappa shape index (κ1) is 19.1. The molecule has 9 nitrogen and oxygen atoms in total. The number of hydrogen-bond acceptors (Lipinski definition) is 6. The molecule has 0 spiro atoms. The number of carbonyl (C=O) groups is 1. The number of rotatable bonds is 7. The summed E-state index contributed by atoms with van der Waals surface area (Å²) in [6, 6.07) is 2.80. The standard InChI is InChI=1S/C15H21N3O6S/c1-3-16(4-2)25(23,24)11-7-8-12(14(10-11)18(21)22)17-9-5-6-13(17)15(19)20/h7-8,10,13H,3-6,9H2,1-2H3,(H,19,20)/t13-/m0/s1. The molecular formula is C15H21N3O6S. The van der Waals surface area contributed by atoms with E-state index in [1.165, 1.54) is 21.3 Å². The maximum Gasteiger partial charge on any atom is 0.326 e. The summed E-state index contributed by atoms with van der Waals surface area (Å²) in [6.07, 6.45) is 1.000. The number of aliphatic carboxylic acids is 1. The van der Waals surface area contributed by atoms with Gasteiger partial charge < -0.3 is 10.0 Å². The number of hydrogen-bond donors (Lipinski definition) is 1. The van der Waals surface area contributed by atoms with E-state index in [9.17, 15) is 28.4 Å². The van der Waals surface area contributed by atoms with Crippen LogP contribution in [0.5, 0.6) is 0 Å². The molecule has 1 fully saturated rings. The van der Waals surface area contributed by atoms with Crippen LogP contribution in [0.1, 0.15) is 26.7 Å². The fourth-order valence-corrected chi connectivity index (χ4v) is 4.56. The van der Waals surface area contributed by atoms with Gasteiger partial charge in [-0.1, -0.05) is 13.8 Å². The summed E-state index contributed by atoms with van der Waals surface area (Å²) in [6.45, 7) is 4.25. The van der Waals surface area contributed by atoms with Gasteiger partial charge in [-0.25, -0.2) is 13.2 Å². The van der Waals surface area contributed by atoms with E-state index < -0.39 is 32.6 Å². The quantitative estimate of drug-likeness (QED) is 0.571. The SMILES string of the molecule is CCN(CC)S(=O)(=O)c1ccc(N2CCC[C@H]2C(=O)O)c([N+](=O)[O-])c1. The third-order valence-corrected chi connectivity index (χ3v) is 6.38. The molecule has 0 radical (unpaired) electrons. The van der Waals surface area contributed by atoms with E-state index in [1.54, 1.807) is 13.8 Å². The molecule has 1 aromatic carbocycles. The molecule has 0 bridgehead atoms. The topological polar surface area (TPSA) is 121 Å². The van der Waals surface area contributed by atoms with Crippen molar-refractivity contribution in [2.45, 2.75) is 37.6 Å². The van der Waals surface area contributed by atoms with E-state index >= 15 is 0 Å². The van der Waals surface area contributed by atoms with Crippen molar-refractivity contribution in [3.63, 3.8) is 0 Å². The van der Waals surface area contributed by atoms with Crippen LogP contribution in [0.4, 0.5) is 11.4 Å². The minimum absolute atomic E-state index is 0.133. The molecule has 2 rings (SSSR count). The highest BCUT2D eigenvalue weighted by Gasteiger charge is 2.35. The lowest BCUT2D eigenvalue weighted by atomic mass is 10.2. The van der Waals surface area contributed by atoms with Gasteiger partial charge in [-0.3, -0.25) is 10.1 Å². The van der Waals surface area contributed by atoms with Gasteiger partial charge in [0.05, 0.1) is 9.82 Å². The fraction of sp³-hybridized carbons (Fsp3) is 0.533. The second-order valence-electron chi connectivity index (χ2n) is 5.69. The van der Waals surface area contributed by atoms with Crippen molar-refractivity contribution >= 4 is 27.4 Å². The molecule has 138 valence electrons. The zero-order chi connectivity index (χ0) is 18.8. The van der Waals surface area contributed by atoms with Crippen LogP contribution < -0.4 is 4.90 Å². The molecule has 1 N–H and O–H groups in total. The Kier molecular flexibility index (Phi) is 5.63. The third-order valence-electron chi connectivity index (χ3n) is 4.33. The zero-order valence-corrected chi connectivity index (χ0v) is 14.9. The average molecular weight is 371 g/mol. The molecule has 1 heterocycles. The van der Waals surface area contributed by atoms with Crippen molar-refractivity contribution in [2.24, 2.45) is 0 Å². The minimum atomic E-state index is -3.83. The second-order valence-corrected chi connectivity index (χ2v) is 7.62. The van der Waals surface area contributed by atoms with Crippen molar-refractivity contribution in [1.29, 1.82) is 0 Å². The van der Waals surface area contributed by atoms with Crippen LogP contribution in [-0.2, 0) is 14.8 Å². The number of anilines is 1. The molecule has 1 saturated heterocycles. The molecule has 0 unspecified atom stereocenters. The average Bonchev–Trinajstić information content (AvgIpc) is 3.04. The summed E-state index contributed by atoms with van der Waals surface area (Å²) in [4.78, 5) is 23.4. The van der Waals surface area contributed by atoms with Crippen molar-refractivity contribution in [1.82, 2.24) is 4.31 Å². The van der Waals surface area contributed by atoms with E-state index in [0.29, 0.717) is 19.4 Å². The lowest BCUT2D eigenvalue weighted by Gasteiger charge is -2.24. The van der Waals surface area contributed by atoms with Crippen LogP contribution in [-0.4, -0.2) is 54.4 Å². The molecule has 0 aliphatic carbocycles. The van der Waals surface area contributed by atoms with Gasteiger partial charge >= 0.3 is 5.97 Å². The maximum absolute atomic E-state index is 12.6. The van der Waals surface area contributed by atoms with Gasteiger partial charge in [0.1, 0.15) is 11.7 Å². The number of nitro benzene ring substituents is 1. The van der Waals surface area contributed by atoms with Crippen molar-refractivity contribution in [2.75, 3.05) is 24.5 Å². The molecule has 0 aromatic heterocycles. The molecule has 1 aliphatic rings. The Balaban J connectivity index is 2.52. The van der Waals surface area contributed by atoms with Crippen molar-refractivity contribution < 1.29 is 23.2 Å². The van der Waals surface area contributed by atoms with Crippen LogP contribution in [0.25, 0.3) is 0 Å². The molecule has 1 aliphatic heterocycles. The van der Waals surface area contributed by atoms with Crippen LogP contribution in [0.3, 0.4) is 0 Å². The van der Waals surface area contributed by atoms with Crippen LogP contribution in [0.2, 0.25) is 0 Å². The molecule has 0 saturated carbocycles. The van der Waals surface area contributed by atoms with Crippen LogP contribution >= 0.6 is 0 Å². The third kappa shape index (κ3) is 3.59. The predicted molar refractivity (Wildman–Crippen MR) is 91.2 cm³/mol. The Hall–Kier alpha value is -2.20. The van der Waals surface area contributed by atoms with Crippen molar-refractivity contribution in [3.8, 4) is 0 Å². The van der Waals surface area contributed by atoms with E-state index in [0.717, 1.165) is 6.07 Å². The van der Waals surface area contributed by atoms with E-state index in [4.69, 9.17) is 0 Å². The van der Waals surface area contributed by atoms with Gasteiger partial charge in [0.25, 0.3) is 5.69 Å². The van der Waals surface area contributed by atoms with E-state index in [1.807, 2.05) is 0 Å². The number of carboxylic acids is 1. The minimum Gasteiger partial charge on any atom is -0.480 e. The maximum atomic E-state index is 12.6. The summed E-state index contributed by atoms with van der Waals surface area (Å²) in [5, 5.41) is 20.7. The summed E-state index contributed by atoms with van der Waals surface area (Å²) >= 11 is 0. The Labute approximate surface area is 146 Å². The highest BCUT2D eigenvalue weighted by Crippen LogP contribution is 2.35. The highest BCUT2D eigenvalue weighted by atomic mass is 32.2. The van der Waals surface area contributed by atoms with Crippen molar-refractivity contribution in [3.05, 3.63) is 28.3 Å². The Bertz CT molecular complexity index is 775. The van der Waals surface area contributed by atoms with E-state index in [2.05, 4.69) is 0 Å². The van der Waals surface area contributed by atoms with Crippen LogP contribution in [0.15, 0.2) is 23.1 Å². The Morgan fingerprint density at radius 1 is 1.40 bits per heavy atom. The lowest BCUT2D eigenvalue weighted by Crippen LogP contribution is -2.36. The molecule has 1 aromatic rings. The van der Waals surface area contributed by atoms with E-state index in [-0.39, 0.29) is 23.7 Å². The van der Waals surface area contributed by atoms with Gasteiger partial charge in [0.15, 0.2) is 0 Å². The lowest BCUT2D eigenvalue weighted by molar-refractivity contribution is -0.384. The Morgan fingerprint density at radius 2 is 2.04 bits per heavy atom. The fourth-order valence-electron chi connectivity index (χ4n) is 3.08. The summed E-state index contributed by atoms with van der Waals surface area (Å²) in [5.41, 5.74) is -0.269. The molecule has 1 atom stereocenters. The smallest absolute Gasteiger partial charge is 0.326 e. The largest absolute Gasteiger partial charge is 0.480 e. The number of benzene rings is 1. The second kappa shape index (κ2) is 7.36. The highest BCUT2D eigenvalue weighted by molar-refractivity contribution is 7.89. The van der Waals surface area contributed by atoms with Gasteiger partial charge in [0.2, 0.25) is 10.0 Å². The number of sulfonamides is 1. The molecule has 25 heavy (non-hydrogen) atoms. The first-order chi connectivity index (χ1) is 11.7. The first-order valence-corrected chi connectivity index (χ1v) is 9.46. The monoisotopic (exact) mass is 371 g/mol. The first-order valence-electron chi connectivity index (χ1n) is 8.02. The van der Waals surface area contributed by atoms with Gasteiger partial charge in [0, 0.05) is 25.7 Å². The molecular weight excluding hydrogens is 350 g/mol. The summed E-state index contributed by atoms with van der Waals surface area (Å²) in [5.74, 6) is -1.05. The Morgan fingerprint density at radius 3 is 2.56 bits per heavy atom. The number of nitro groups is 1.